The average Bonchev–Trinajstić information content (AvgIpc) is 2.90. The van der Waals surface area contributed by atoms with Crippen LogP contribution >= 0.6 is 0 Å². The molecule has 0 aliphatic rings. The lowest BCUT2D eigenvalue weighted by Crippen LogP contribution is -2.48. The van der Waals surface area contributed by atoms with Gasteiger partial charge >= 0.3 is 11.9 Å². The molecule has 204 valence electrons. The molecule has 1 atom stereocenters. The van der Waals surface area contributed by atoms with Crippen LogP contribution < -0.4 is 5.32 Å². The summed E-state index contributed by atoms with van der Waals surface area (Å²) in [6, 6.07) is 14.3. The lowest BCUT2D eigenvalue weighted by Gasteiger charge is -2.26. The van der Waals surface area contributed by atoms with Gasteiger partial charge in [0, 0.05) is 24.6 Å². The number of benzene rings is 2. The van der Waals surface area contributed by atoms with Crippen LogP contribution in [-0.2, 0) is 25.6 Å². The second kappa shape index (κ2) is 16.7. The van der Waals surface area contributed by atoms with Crippen LogP contribution in [-0.4, -0.2) is 51.5 Å². The fraction of sp³-hybridized carbons (Fsp3) is 0.400. The summed E-state index contributed by atoms with van der Waals surface area (Å²) in [6.07, 6.45) is 11.1. The Hall–Kier alpha value is -3.94. The summed E-state index contributed by atoms with van der Waals surface area (Å²) in [5, 5.41) is 21.9. The number of carboxylic acid groups (broad SMARTS) is 2. The number of carbonyl (C=O) groups is 4. The molecule has 38 heavy (non-hydrogen) atoms. The summed E-state index contributed by atoms with van der Waals surface area (Å²) in [5.41, 5.74) is 1.97. The minimum absolute atomic E-state index is 0.0176. The van der Waals surface area contributed by atoms with Gasteiger partial charge in [-0.15, -0.1) is 0 Å². The number of anilines is 1. The molecule has 8 heteroatoms. The van der Waals surface area contributed by atoms with Crippen LogP contribution in [0.5, 0.6) is 0 Å². The van der Waals surface area contributed by atoms with Crippen molar-refractivity contribution in [2.24, 2.45) is 0 Å². The standard InChI is InChI=1S/C30H38N2O6/c1-2-3-4-5-6-7-11-14-27(33)31-25-18-15-23(16-19-25)17-20-28(34)32(22-29(35)36)26(30(37)38)21-24-12-9-8-10-13-24/h8-10,12-13,15-20,26H,2-7,11,14,21-22H2,1H3,(H,31,33)(H,35,36)(H,37,38)/b20-17+/t26-/m0/s1. The Morgan fingerprint density at radius 3 is 2.11 bits per heavy atom. The molecule has 0 radical (unpaired) electrons. The van der Waals surface area contributed by atoms with Crippen LogP contribution in [0.2, 0.25) is 0 Å². The minimum Gasteiger partial charge on any atom is -0.480 e. The zero-order valence-corrected chi connectivity index (χ0v) is 22.0. The quantitative estimate of drug-likeness (QED) is 0.189. The fourth-order valence-corrected chi connectivity index (χ4v) is 4.06. The first kappa shape index (κ1) is 30.3. The van der Waals surface area contributed by atoms with Crippen LogP contribution in [0.3, 0.4) is 0 Å². The number of amides is 2. The van der Waals surface area contributed by atoms with Crippen molar-refractivity contribution < 1.29 is 29.4 Å². The van der Waals surface area contributed by atoms with E-state index in [1.165, 1.54) is 31.8 Å². The monoisotopic (exact) mass is 522 g/mol. The molecule has 0 aliphatic heterocycles. The Balaban J connectivity index is 1.94. The van der Waals surface area contributed by atoms with Crippen molar-refractivity contribution in [2.45, 2.75) is 70.8 Å². The molecule has 0 fully saturated rings. The minimum atomic E-state index is -1.33. The summed E-state index contributed by atoms with van der Waals surface area (Å²) in [4.78, 5) is 49.2. The Kier molecular flexibility index (Phi) is 13.3. The van der Waals surface area contributed by atoms with E-state index in [4.69, 9.17) is 0 Å². The van der Waals surface area contributed by atoms with Crippen molar-refractivity contribution in [2.75, 3.05) is 11.9 Å². The number of carbonyl (C=O) groups excluding carboxylic acids is 2. The smallest absolute Gasteiger partial charge is 0.326 e. The molecule has 2 aromatic carbocycles. The summed E-state index contributed by atoms with van der Waals surface area (Å²) < 4.78 is 0. The Bertz CT molecular complexity index is 1070. The van der Waals surface area contributed by atoms with Gasteiger partial charge < -0.3 is 20.4 Å². The third-order valence-electron chi connectivity index (χ3n) is 6.14. The third-order valence-corrected chi connectivity index (χ3v) is 6.14. The number of aliphatic carboxylic acids is 2. The average molecular weight is 523 g/mol. The first-order chi connectivity index (χ1) is 18.3. The van der Waals surface area contributed by atoms with Crippen molar-refractivity contribution in [3.8, 4) is 0 Å². The lowest BCUT2D eigenvalue weighted by atomic mass is 10.0. The van der Waals surface area contributed by atoms with Gasteiger partial charge in [0.1, 0.15) is 12.6 Å². The van der Waals surface area contributed by atoms with E-state index in [0.29, 0.717) is 23.2 Å². The largest absolute Gasteiger partial charge is 0.480 e. The number of hydrogen-bond acceptors (Lipinski definition) is 4. The van der Waals surface area contributed by atoms with E-state index in [1.807, 2.05) is 0 Å². The maximum Gasteiger partial charge on any atom is 0.326 e. The maximum absolute atomic E-state index is 12.9. The first-order valence-corrected chi connectivity index (χ1v) is 13.2. The van der Waals surface area contributed by atoms with Crippen molar-refractivity contribution in [1.82, 2.24) is 4.90 Å². The molecule has 8 nitrogen and oxygen atoms in total. The molecule has 0 saturated carbocycles. The number of rotatable bonds is 17. The molecular formula is C30H38N2O6. The van der Waals surface area contributed by atoms with E-state index in [1.54, 1.807) is 54.6 Å². The number of nitrogens with one attached hydrogen (secondary N) is 1. The predicted molar refractivity (Wildman–Crippen MR) is 148 cm³/mol. The van der Waals surface area contributed by atoms with E-state index >= 15 is 0 Å². The van der Waals surface area contributed by atoms with Gasteiger partial charge in [0.15, 0.2) is 0 Å². The van der Waals surface area contributed by atoms with Crippen molar-refractivity contribution in [1.29, 1.82) is 0 Å². The summed E-state index contributed by atoms with van der Waals surface area (Å²) >= 11 is 0. The second-order valence-corrected chi connectivity index (χ2v) is 9.28. The first-order valence-electron chi connectivity index (χ1n) is 13.2. The summed E-state index contributed by atoms with van der Waals surface area (Å²) in [5.74, 6) is -3.35. The van der Waals surface area contributed by atoms with E-state index in [2.05, 4.69) is 12.2 Å². The SMILES string of the molecule is CCCCCCCCCC(=O)Nc1ccc(/C=C/C(=O)N(CC(=O)O)[C@@H](Cc2ccccc2)C(=O)O)cc1. The second-order valence-electron chi connectivity index (χ2n) is 9.28. The topological polar surface area (TPSA) is 124 Å². The molecule has 0 aliphatic carbocycles. The van der Waals surface area contributed by atoms with Gasteiger partial charge in [0.2, 0.25) is 11.8 Å². The molecule has 0 bridgehead atoms. The molecule has 0 unspecified atom stereocenters. The van der Waals surface area contributed by atoms with Gasteiger partial charge in [-0.2, -0.15) is 0 Å². The zero-order valence-electron chi connectivity index (χ0n) is 22.0. The highest BCUT2D eigenvalue weighted by Gasteiger charge is 2.30. The van der Waals surface area contributed by atoms with Crippen molar-refractivity contribution in [3.05, 3.63) is 71.8 Å². The molecule has 0 aromatic heterocycles. The van der Waals surface area contributed by atoms with Crippen LogP contribution in [0, 0.1) is 0 Å². The molecule has 3 N–H and O–H groups in total. The summed E-state index contributed by atoms with van der Waals surface area (Å²) in [6.45, 7) is 1.45. The van der Waals surface area contributed by atoms with E-state index < -0.39 is 30.4 Å². The highest BCUT2D eigenvalue weighted by Crippen LogP contribution is 2.15. The van der Waals surface area contributed by atoms with Crippen molar-refractivity contribution >= 4 is 35.5 Å². The normalized spacial score (nSPS) is 11.7. The Morgan fingerprint density at radius 1 is 0.868 bits per heavy atom. The van der Waals surface area contributed by atoms with Gasteiger partial charge in [-0.1, -0.05) is 87.9 Å². The number of hydrogen-bond donors (Lipinski definition) is 3. The Morgan fingerprint density at radius 2 is 1.50 bits per heavy atom. The molecule has 0 spiro atoms. The van der Waals surface area contributed by atoms with Crippen LogP contribution in [0.4, 0.5) is 5.69 Å². The Labute approximate surface area is 224 Å². The van der Waals surface area contributed by atoms with Gasteiger partial charge in [-0.25, -0.2) is 4.79 Å². The number of unbranched alkanes of at least 4 members (excludes halogenated alkanes) is 6. The van der Waals surface area contributed by atoms with Gasteiger partial charge in [-0.05, 0) is 35.8 Å². The van der Waals surface area contributed by atoms with Gasteiger partial charge in [-0.3, -0.25) is 14.4 Å². The molecular weight excluding hydrogens is 484 g/mol. The maximum atomic E-state index is 12.9. The van der Waals surface area contributed by atoms with E-state index in [0.717, 1.165) is 30.2 Å². The molecule has 2 amide bonds. The third kappa shape index (κ3) is 11.4. The van der Waals surface area contributed by atoms with E-state index in [-0.39, 0.29) is 12.3 Å². The zero-order chi connectivity index (χ0) is 27.8. The fourth-order valence-electron chi connectivity index (χ4n) is 4.06. The lowest BCUT2D eigenvalue weighted by molar-refractivity contribution is -0.152. The highest BCUT2D eigenvalue weighted by molar-refractivity contribution is 5.96. The van der Waals surface area contributed by atoms with Crippen LogP contribution in [0.1, 0.15) is 69.4 Å². The van der Waals surface area contributed by atoms with Crippen LogP contribution in [0.25, 0.3) is 6.08 Å². The predicted octanol–water partition coefficient (Wildman–Crippen LogP) is 5.39. The molecule has 2 rings (SSSR count). The van der Waals surface area contributed by atoms with Gasteiger partial charge in [0.05, 0.1) is 0 Å². The molecule has 0 heterocycles. The molecule has 2 aromatic rings. The molecule has 0 saturated heterocycles. The van der Waals surface area contributed by atoms with Crippen LogP contribution in [0.15, 0.2) is 60.7 Å². The van der Waals surface area contributed by atoms with Crippen molar-refractivity contribution in [3.63, 3.8) is 0 Å². The van der Waals surface area contributed by atoms with E-state index in [9.17, 15) is 29.4 Å². The number of carboxylic acids is 2. The van der Waals surface area contributed by atoms with Gasteiger partial charge in [0.25, 0.3) is 0 Å². The number of nitrogens with zero attached hydrogens (tertiary/aromatic N) is 1. The summed E-state index contributed by atoms with van der Waals surface area (Å²) in [7, 11) is 0. The highest BCUT2D eigenvalue weighted by atomic mass is 16.4.